The molecule has 3 amide bonds. The predicted octanol–water partition coefficient (Wildman–Crippen LogP) is 3.88. The van der Waals surface area contributed by atoms with Gasteiger partial charge >= 0.3 is 12.2 Å². The van der Waals surface area contributed by atoms with Gasteiger partial charge in [-0.3, -0.25) is 14.9 Å². The number of benzene rings is 2. The maximum absolute atomic E-state index is 13.2. The fraction of sp³-hybridized carbons (Fsp3) is 0.158. The predicted molar refractivity (Wildman–Crippen MR) is 100 cm³/mol. The summed E-state index contributed by atoms with van der Waals surface area (Å²) in [6.07, 6.45) is -4.70. The highest BCUT2D eigenvalue weighted by molar-refractivity contribution is 6.07. The molecule has 2 aromatic rings. The maximum atomic E-state index is 13.2. The Balaban J connectivity index is 2.05. The number of carbonyl (C=O) groups excluding carboxylic acids is 2. The molecule has 156 valence electrons. The summed E-state index contributed by atoms with van der Waals surface area (Å²) in [4.78, 5) is 35.6. The van der Waals surface area contributed by atoms with E-state index >= 15 is 0 Å². The van der Waals surface area contributed by atoms with Gasteiger partial charge in [-0.25, -0.2) is 4.79 Å². The minimum atomic E-state index is -4.70. The van der Waals surface area contributed by atoms with Gasteiger partial charge in [0.15, 0.2) is 0 Å². The Morgan fingerprint density at radius 3 is 2.43 bits per heavy atom. The molecule has 30 heavy (non-hydrogen) atoms. The summed E-state index contributed by atoms with van der Waals surface area (Å²) in [5.74, 6) is -0.945. The molecule has 0 aromatic heterocycles. The van der Waals surface area contributed by atoms with Crippen LogP contribution < -0.4 is 16.0 Å². The molecular weight excluding hydrogens is 405 g/mol. The zero-order chi connectivity index (χ0) is 22.1. The molecule has 8 nitrogen and oxygen atoms in total. The SMILES string of the molecule is CC1=C(C(=O)Nc2ccccc2C(F)(F)F)C(c2ccccc2[N+](=O)[O-])NC(=O)N1. The molecule has 0 radical (unpaired) electrons. The number of hydrogen-bond acceptors (Lipinski definition) is 4. The minimum absolute atomic E-state index is 0.0194. The second-order valence-corrected chi connectivity index (χ2v) is 6.38. The highest BCUT2D eigenvalue weighted by Gasteiger charge is 2.37. The number of nitrogens with one attached hydrogen (secondary N) is 3. The molecule has 1 unspecified atom stereocenters. The van der Waals surface area contributed by atoms with Gasteiger partial charge in [0.05, 0.1) is 33.4 Å². The van der Waals surface area contributed by atoms with Crippen molar-refractivity contribution in [1.29, 1.82) is 0 Å². The second-order valence-electron chi connectivity index (χ2n) is 6.38. The van der Waals surface area contributed by atoms with Crippen molar-refractivity contribution in [3.05, 3.63) is 81.0 Å². The van der Waals surface area contributed by atoms with Gasteiger partial charge in [0, 0.05) is 11.8 Å². The molecule has 3 rings (SSSR count). The van der Waals surface area contributed by atoms with Gasteiger partial charge in [-0.05, 0) is 25.1 Å². The molecule has 0 spiro atoms. The van der Waals surface area contributed by atoms with E-state index in [0.717, 1.165) is 12.1 Å². The Hall–Kier alpha value is -3.89. The lowest BCUT2D eigenvalue weighted by Crippen LogP contribution is -2.46. The van der Waals surface area contributed by atoms with Crippen LogP contribution in [0.3, 0.4) is 0 Å². The van der Waals surface area contributed by atoms with Crippen molar-refractivity contribution in [2.24, 2.45) is 0 Å². The summed E-state index contributed by atoms with van der Waals surface area (Å²) in [6.45, 7) is 1.38. The summed E-state index contributed by atoms with van der Waals surface area (Å²) in [6, 6.07) is 7.94. The summed E-state index contributed by atoms with van der Waals surface area (Å²) in [5, 5.41) is 18.4. The topological polar surface area (TPSA) is 113 Å². The number of para-hydroxylation sites is 2. The highest BCUT2D eigenvalue weighted by atomic mass is 19.4. The van der Waals surface area contributed by atoms with E-state index < -0.39 is 40.3 Å². The van der Waals surface area contributed by atoms with Crippen LogP contribution in [0.5, 0.6) is 0 Å². The number of nitro benzene ring substituents is 1. The van der Waals surface area contributed by atoms with Crippen LogP contribution in [0.1, 0.15) is 24.1 Å². The first kappa shape index (κ1) is 20.8. The number of halogens is 3. The van der Waals surface area contributed by atoms with Crippen molar-refractivity contribution in [1.82, 2.24) is 10.6 Å². The summed E-state index contributed by atoms with van der Waals surface area (Å²) in [5.41, 5.74) is -1.95. The second kappa shape index (κ2) is 7.85. The monoisotopic (exact) mass is 420 g/mol. The lowest BCUT2D eigenvalue weighted by atomic mass is 9.93. The molecule has 1 atom stereocenters. The quantitative estimate of drug-likeness (QED) is 0.515. The minimum Gasteiger partial charge on any atom is -0.326 e. The number of carbonyl (C=O) groups is 2. The normalized spacial score (nSPS) is 16.5. The largest absolute Gasteiger partial charge is 0.418 e. The van der Waals surface area contributed by atoms with Crippen molar-refractivity contribution in [3.8, 4) is 0 Å². The van der Waals surface area contributed by atoms with Gasteiger partial charge in [0.1, 0.15) is 0 Å². The van der Waals surface area contributed by atoms with Gasteiger partial charge in [-0.2, -0.15) is 13.2 Å². The van der Waals surface area contributed by atoms with Crippen molar-refractivity contribution in [2.75, 3.05) is 5.32 Å². The summed E-state index contributed by atoms with van der Waals surface area (Å²) < 4.78 is 39.7. The van der Waals surface area contributed by atoms with E-state index in [0.29, 0.717) is 0 Å². The van der Waals surface area contributed by atoms with Gasteiger partial charge in [0.2, 0.25) is 0 Å². The molecule has 1 aliphatic rings. The first-order valence-electron chi connectivity index (χ1n) is 8.58. The number of hydrogen-bond donors (Lipinski definition) is 3. The van der Waals surface area contributed by atoms with Crippen LogP contribution in [0.2, 0.25) is 0 Å². The van der Waals surface area contributed by atoms with E-state index in [-0.39, 0.29) is 22.5 Å². The van der Waals surface area contributed by atoms with Crippen molar-refractivity contribution in [3.63, 3.8) is 0 Å². The van der Waals surface area contributed by atoms with E-state index in [4.69, 9.17) is 0 Å². The Morgan fingerprint density at radius 2 is 1.77 bits per heavy atom. The fourth-order valence-electron chi connectivity index (χ4n) is 3.15. The third-order valence-electron chi connectivity index (χ3n) is 4.44. The Bertz CT molecular complexity index is 1070. The number of amides is 3. The van der Waals surface area contributed by atoms with E-state index in [1.807, 2.05) is 0 Å². The van der Waals surface area contributed by atoms with Gasteiger partial charge in [0.25, 0.3) is 11.6 Å². The number of alkyl halides is 3. The summed E-state index contributed by atoms with van der Waals surface area (Å²) >= 11 is 0. The molecule has 0 bridgehead atoms. The lowest BCUT2D eigenvalue weighted by Gasteiger charge is -2.28. The summed E-state index contributed by atoms with van der Waals surface area (Å²) in [7, 11) is 0. The molecule has 0 saturated carbocycles. The molecular formula is C19H15F3N4O4. The molecule has 0 aliphatic carbocycles. The van der Waals surface area contributed by atoms with Crippen LogP contribution in [0.25, 0.3) is 0 Å². The lowest BCUT2D eigenvalue weighted by molar-refractivity contribution is -0.385. The van der Waals surface area contributed by atoms with Gasteiger partial charge < -0.3 is 16.0 Å². The Labute approximate surface area is 167 Å². The molecule has 11 heteroatoms. The van der Waals surface area contributed by atoms with Crippen LogP contribution in [0.4, 0.5) is 29.3 Å². The van der Waals surface area contributed by atoms with Gasteiger partial charge in [-0.1, -0.05) is 24.3 Å². The first-order chi connectivity index (χ1) is 14.1. The number of rotatable bonds is 4. The number of anilines is 1. The van der Waals surface area contributed by atoms with E-state index in [1.54, 1.807) is 0 Å². The Kier molecular flexibility index (Phi) is 5.45. The molecule has 0 fully saturated rings. The highest BCUT2D eigenvalue weighted by Crippen LogP contribution is 2.36. The zero-order valence-corrected chi connectivity index (χ0v) is 15.4. The number of allylic oxidation sites excluding steroid dienone is 1. The smallest absolute Gasteiger partial charge is 0.326 e. The number of nitrogens with zero attached hydrogens (tertiary/aromatic N) is 1. The first-order valence-corrected chi connectivity index (χ1v) is 8.58. The maximum Gasteiger partial charge on any atom is 0.418 e. The van der Waals surface area contributed by atoms with Crippen molar-refractivity contribution < 1.29 is 27.7 Å². The van der Waals surface area contributed by atoms with Crippen LogP contribution in [0.15, 0.2) is 59.8 Å². The number of urea groups is 1. The zero-order valence-electron chi connectivity index (χ0n) is 15.4. The molecule has 2 aromatic carbocycles. The molecule has 1 aliphatic heterocycles. The molecule has 1 heterocycles. The van der Waals surface area contributed by atoms with Crippen molar-refractivity contribution >= 4 is 23.3 Å². The number of nitro groups is 1. The Morgan fingerprint density at radius 1 is 1.13 bits per heavy atom. The third kappa shape index (κ3) is 4.09. The molecule has 0 saturated heterocycles. The van der Waals surface area contributed by atoms with Crippen LogP contribution in [-0.4, -0.2) is 16.9 Å². The van der Waals surface area contributed by atoms with Gasteiger partial charge in [-0.15, -0.1) is 0 Å². The molecule has 3 N–H and O–H groups in total. The fourth-order valence-corrected chi connectivity index (χ4v) is 3.15. The third-order valence-corrected chi connectivity index (χ3v) is 4.44. The average Bonchev–Trinajstić information content (AvgIpc) is 2.66. The van der Waals surface area contributed by atoms with E-state index in [9.17, 15) is 32.9 Å². The van der Waals surface area contributed by atoms with E-state index in [1.165, 1.54) is 43.3 Å². The van der Waals surface area contributed by atoms with Crippen molar-refractivity contribution in [2.45, 2.75) is 19.1 Å². The van der Waals surface area contributed by atoms with Crippen LogP contribution in [-0.2, 0) is 11.0 Å². The average molecular weight is 420 g/mol. The van der Waals surface area contributed by atoms with Crippen LogP contribution >= 0.6 is 0 Å². The van der Waals surface area contributed by atoms with E-state index in [2.05, 4.69) is 16.0 Å². The van der Waals surface area contributed by atoms with Crippen LogP contribution in [0, 0.1) is 10.1 Å². The standard InChI is InChI=1S/C19H15F3N4O4/c1-10-15(17(27)24-13-8-4-3-7-12(13)19(20,21)22)16(25-18(28)23-10)11-6-2-5-9-14(11)26(29)30/h2-9,16H,1H3,(H,24,27)(H2,23,25,28).